The first-order valence-electron chi connectivity index (χ1n) is 4.63. The standard InChI is InChI=1S/C10H9N5/c1-5-3-2-4-6-7(5)12-9-8(6)14-15-10(11)13-9/h2-4H,1H3,(H3,11,12,13,15). The Hall–Kier alpha value is -2.17. The van der Waals surface area contributed by atoms with Crippen LogP contribution in [0, 0.1) is 6.92 Å². The number of fused-ring (bicyclic) bond motifs is 3. The van der Waals surface area contributed by atoms with Crippen molar-refractivity contribution >= 4 is 28.0 Å². The molecule has 0 spiro atoms. The highest BCUT2D eigenvalue weighted by Crippen LogP contribution is 2.24. The summed E-state index contributed by atoms with van der Waals surface area (Å²) in [5.74, 6) is 0.187. The molecular weight excluding hydrogens is 190 g/mol. The number of rotatable bonds is 0. The largest absolute Gasteiger partial charge is 0.366 e. The Labute approximate surface area is 85.3 Å². The van der Waals surface area contributed by atoms with Crippen LogP contribution >= 0.6 is 0 Å². The number of aromatic amines is 1. The van der Waals surface area contributed by atoms with E-state index < -0.39 is 0 Å². The summed E-state index contributed by atoms with van der Waals surface area (Å²) in [7, 11) is 0. The van der Waals surface area contributed by atoms with Gasteiger partial charge in [-0.2, -0.15) is 4.98 Å². The number of para-hydroxylation sites is 1. The van der Waals surface area contributed by atoms with E-state index in [1.165, 1.54) is 0 Å². The quantitative estimate of drug-likeness (QED) is 0.573. The molecule has 2 aromatic heterocycles. The third kappa shape index (κ3) is 1.06. The Kier molecular flexibility index (Phi) is 1.45. The molecule has 15 heavy (non-hydrogen) atoms. The average Bonchev–Trinajstić information content (AvgIpc) is 2.57. The van der Waals surface area contributed by atoms with Crippen molar-refractivity contribution in [3.05, 3.63) is 23.8 Å². The number of aromatic nitrogens is 4. The number of nitrogens with zero attached hydrogens (tertiary/aromatic N) is 3. The van der Waals surface area contributed by atoms with Crippen LogP contribution in [0.4, 0.5) is 5.95 Å². The van der Waals surface area contributed by atoms with E-state index in [2.05, 4.69) is 20.2 Å². The van der Waals surface area contributed by atoms with Crippen LogP contribution in [-0.2, 0) is 0 Å². The van der Waals surface area contributed by atoms with Crippen LogP contribution < -0.4 is 5.73 Å². The molecule has 5 nitrogen and oxygen atoms in total. The van der Waals surface area contributed by atoms with Crippen molar-refractivity contribution in [1.29, 1.82) is 0 Å². The van der Waals surface area contributed by atoms with Gasteiger partial charge in [-0.15, -0.1) is 10.2 Å². The van der Waals surface area contributed by atoms with Crippen molar-refractivity contribution in [2.45, 2.75) is 6.92 Å². The summed E-state index contributed by atoms with van der Waals surface area (Å²) in [6.45, 7) is 2.04. The Bertz CT molecular complexity index is 655. The number of hydrogen-bond acceptors (Lipinski definition) is 4. The minimum absolute atomic E-state index is 0.187. The zero-order chi connectivity index (χ0) is 10.4. The van der Waals surface area contributed by atoms with E-state index in [1.807, 2.05) is 25.1 Å². The lowest BCUT2D eigenvalue weighted by molar-refractivity contribution is 1.04. The summed E-state index contributed by atoms with van der Waals surface area (Å²) < 4.78 is 0. The van der Waals surface area contributed by atoms with E-state index in [4.69, 9.17) is 5.73 Å². The van der Waals surface area contributed by atoms with Crippen molar-refractivity contribution in [2.24, 2.45) is 0 Å². The highest BCUT2D eigenvalue weighted by Gasteiger charge is 2.08. The van der Waals surface area contributed by atoms with Crippen molar-refractivity contribution < 1.29 is 0 Å². The second-order valence-corrected chi connectivity index (χ2v) is 3.49. The molecule has 0 saturated carbocycles. The van der Waals surface area contributed by atoms with Gasteiger partial charge < -0.3 is 10.7 Å². The molecule has 3 rings (SSSR count). The van der Waals surface area contributed by atoms with Gasteiger partial charge in [0.15, 0.2) is 5.65 Å². The summed E-state index contributed by atoms with van der Waals surface area (Å²) in [4.78, 5) is 7.30. The lowest BCUT2D eigenvalue weighted by atomic mass is 10.1. The molecule has 0 aliphatic rings. The number of benzene rings is 1. The first-order chi connectivity index (χ1) is 7.25. The molecule has 0 bridgehead atoms. The molecule has 74 valence electrons. The van der Waals surface area contributed by atoms with Crippen LogP contribution in [-0.4, -0.2) is 20.2 Å². The zero-order valence-corrected chi connectivity index (χ0v) is 8.15. The molecule has 0 aliphatic heterocycles. The smallest absolute Gasteiger partial charge is 0.242 e. The molecule has 5 heteroatoms. The second kappa shape index (κ2) is 2.66. The van der Waals surface area contributed by atoms with Crippen LogP contribution in [0.5, 0.6) is 0 Å². The number of nitrogen functional groups attached to an aromatic ring is 1. The van der Waals surface area contributed by atoms with Crippen LogP contribution in [0.1, 0.15) is 5.56 Å². The number of nitrogens with one attached hydrogen (secondary N) is 1. The molecule has 0 unspecified atom stereocenters. The number of anilines is 1. The van der Waals surface area contributed by atoms with Crippen molar-refractivity contribution in [3.8, 4) is 0 Å². The molecule has 0 atom stereocenters. The number of aryl methyl sites for hydroxylation is 1. The van der Waals surface area contributed by atoms with Gasteiger partial charge in [0.1, 0.15) is 5.52 Å². The van der Waals surface area contributed by atoms with Crippen LogP contribution in [0.25, 0.3) is 22.1 Å². The Morgan fingerprint density at radius 1 is 1.27 bits per heavy atom. The molecule has 0 fully saturated rings. The fraction of sp³-hybridized carbons (Fsp3) is 0.100. The summed E-state index contributed by atoms with van der Waals surface area (Å²) in [6, 6.07) is 6.02. The second-order valence-electron chi connectivity index (χ2n) is 3.49. The first kappa shape index (κ1) is 8.16. The Morgan fingerprint density at radius 3 is 3.00 bits per heavy atom. The van der Waals surface area contributed by atoms with Gasteiger partial charge in [0.2, 0.25) is 5.95 Å². The molecular formula is C10H9N5. The van der Waals surface area contributed by atoms with Gasteiger partial charge in [-0.25, -0.2) is 0 Å². The van der Waals surface area contributed by atoms with E-state index >= 15 is 0 Å². The van der Waals surface area contributed by atoms with Gasteiger partial charge in [0.25, 0.3) is 0 Å². The first-order valence-corrected chi connectivity index (χ1v) is 4.63. The molecule has 0 radical (unpaired) electrons. The highest BCUT2D eigenvalue weighted by atomic mass is 15.2. The number of nitrogens with two attached hydrogens (primary N) is 1. The predicted octanol–water partition coefficient (Wildman–Crippen LogP) is 1.40. The van der Waals surface area contributed by atoms with Gasteiger partial charge in [-0.1, -0.05) is 18.2 Å². The van der Waals surface area contributed by atoms with Crippen LogP contribution in [0.3, 0.4) is 0 Å². The Balaban J connectivity index is 2.57. The van der Waals surface area contributed by atoms with Gasteiger partial charge in [0, 0.05) is 5.39 Å². The molecule has 3 N–H and O–H groups in total. The van der Waals surface area contributed by atoms with Crippen molar-refractivity contribution in [1.82, 2.24) is 20.2 Å². The van der Waals surface area contributed by atoms with Gasteiger partial charge >= 0.3 is 0 Å². The molecule has 0 saturated heterocycles. The minimum atomic E-state index is 0.187. The third-order valence-corrected chi connectivity index (χ3v) is 2.47. The van der Waals surface area contributed by atoms with E-state index in [1.54, 1.807) is 0 Å². The maximum Gasteiger partial charge on any atom is 0.242 e. The lowest BCUT2D eigenvalue weighted by Gasteiger charge is -1.92. The monoisotopic (exact) mass is 199 g/mol. The van der Waals surface area contributed by atoms with E-state index in [0.717, 1.165) is 22.0 Å². The van der Waals surface area contributed by atoms with Crippen LogP contribution in [0.2, 0.25) is 0 Å². The Morgan fingerprint density at radius 2 is 2.13 bits per heavy atom. The third-order valence-electron chi connectivity index (χ3n) is 2.47. The predicted molar refractivity (Wildman–Crippen MR) is 58.3 cm³/mol. The molecule has 0 aliphatic carbocycles. The van der Waals surface area contributed by atoms with E-state index in [-0.39, 0.29) is 5.95 Å². The number of hydrogen-bond donors (Lipinski definition) is 2. The van der Waals surface area contributed by atoms with Gasteiger partial charge in [0.05, 0.1) is 5.52 Å². The summed E-state index contributed by atoms with van der Waals surface area (Å²) in [6.07, 6.45) is 0. The summed E-state index contributed by atoms with van der Waals surface area (Å²) in [5, 5.41) is 8.83. The normalized spacial score (nSPS) is 11.3. The molecule has 2 heterocycles. The average molecular weight is 199 g/mol. The maximum atomic E-state index is 5.48. The maximum absolute atomic E-state index is 5.48. The fourth-order valence-electron chi connectivity index (χ4n) is 1.76. The molecule has 0 amide bonds. The van der Waals surface area contributed by atoms with E-state index in [9.17, 15) is 0 Å². The highest BCUT2D eigenvalue weighted by molar-refractivity contribution is 6.04. The fourth-order valence-corrected chi connectivity index (χ4v) is 1.76. The van der Waals surface area contributed by atoms with E-state index in [0.29, 0.717) is 5.65 Å². The molecule has 3 aromatic rings. The number of H-pyrrole nitrogens is 1. The zero-order valence-electron chi connectivity index (χ0n) is 8.15. The van der Waals surface area contributed by atoms with Gasteiger partial charge in [-0.3, -0.25) is 0 Å². The van der Waals surface area contributed by atoms with Crippen LogP contribution in [0.15, 0.2) is 18.2 Å². The van der Waals surface area contributed by atoms with Gasteiger partial charge in [-0.05, 0) is 12.5 Å². The summed E-state index contributed by atoms with van der Waals surface area (Å²) in [5.41, 5.74) is 9.13. The topological polar surface area (TPSA) is 80.5 Å². The lowest BCUT2D eigenvalue weighted by Crippen LogP contribution is -1.96. The molecule has 1 aromatic carbocycles. The minimum Gasteiger partial charge on any atom is -0.366 e. The van der Waals surface area contributed by atoms with Crippen molar-refractivity contribution in [2.75, 3.05) is 5.73 Å². The SMILES string of the molecule is Cc1cccc2c1[nH]c1nc(N)nnc12. The summed E-state index contributed by atoms with van der Waals surface area (Å²) >= 11 is 0. The van der Waals surface area contributed by atoms with Crippen molar-refractivity contribution in [3.63, 3.8) is 0 Å².